The zero-order valence-corrected chi connectivity index (χ0v) is 26.6. The van der Waals surface area contributed by atoms with E-state index in [1.807, 2.05) is 60.7 Å². The lowest BCUT2D eigenvalue weighted by Gasteiger charge is -2.25. The van der Waals surface area contributed by atoms with E-state index >= 15 is 0 Å². The highest BCUT2D eigenvalue weighted by Gasteiger charge is 2.24. The molecule has 0 bridgehead atoms. The summed E-state index contributed by atoms with van der Waals surface area (Å²) in [6, 6.07) is 19.5. The van der Waals surface area contributed by atoms with Gasteiger partial charge in [-0.15, -0.1) is 0 Å². The first kappa shape index (κ1) is 26.5. The molecule has 0 unspecified atom stereocenters. The molecule has 10 heteroatoms. The largest absolute Gasteiger partial charge is 0.495 e. The molecule has 2 heterocycles. The maximum absolute atomic E-state index is 13.4. The fourth-order valence-corrected chi connectivity index (χ4v) is 6.12. The molecule has 0 saturated carbocycles. The van der Waals surface area contributed by atoms with Crippen LogP contribution in [0.4, 0.5) is 23.1 Å². The van der Waals surface area contributed by atoms with Crippen LogP contribution in [0.2, 0.25) is 5.02 Å². The van der Waals surface area contributed by atoms with Crippen molar-refractivity contribution in [2.75, 3.05) is 31.1 Å². The molecule has 0 fully saturated rings. The molecule has 0 aliphatic carbocycles. The van der Waals surface area contributed by atoms with Gasteiger partial charge in [-0.05, 0) is 65.3 Å². The maximum atomic E-state index is 13.4. The molecule has 43 heavy (non-hydrogen) atoms. The number of methoxy groups -OCH3 is 1. The minimum atomic E-state index is -2.72. The molecule has 8 nitrogen and oxygen atoms in total. The van der Waals surface area contributed by atoms with E-state index in [9.17, 15) is 4.57 Å². The van der Waals surface area contributed by atoms with Gasteiger partial charge in [0.05, 0.1) is 30.9 Å². The van der Waals surface area contributed by atoms with Gasteiger partial charge < -0.3 is 19.9 Å². The van der Waals surface area contributed by atoms with Crippen LogP contribution in [0.1, 0.15) is 30.4 Å². The van der Waals surface area contributed by atoms with Gasteiger partial charge in [-0.25, -0.2) is 4.98 Å². The summed E-state index contributed by atoms with van der Waals surface area (Å²) in [6.45, 7) is 7.25. The quantitative estimate of drug-likeness (QED) is 0.169. The second-order valence-electron chi connectivity index (χ2n) is 11.6. The highest BCUT2D eigenvalue weighted by molar-refractivity contribution is 7.70. The van der Waals surface area contributed by atoms with Gasteiger partial charge in [0.25, 0.3) is 0 Å². The van der Waals surface area contributed by atoms with Crippen molar-refractivity contribution in [3.63, 3.8) is 0 Å². The van der Waals surface area contributed by atoms with Gasteiger partial charge >= 0.3 is 0 Å². The lowest BCUT2D eigenvalue weighted by atomic mass is 9.82. The summed E-state index contributed by atoms with van der Waals surface area (Å²) >= 11 is 6.55. The summed E-state index contributed by atoms with van der Waals surface area (Å²) in [6.07, 6.45) is 4.52. The van der Waals surface area contributed by atoms with E-state index in [4.69, 9.17) is 20.5 Å². The van der Waals surface area contributed by atoms with Gasteiger partial charge in [0, 0.05) is 28.2 Å². The Hall–Kier alpha value is -4.13. The lowest BCUT2D eigenvalue weighted by Crippen LogP contribution is -2.14. The topological polar surface area (TPSA) is 94.0 Å². The number of nitrogens with one attached hydrogen (secondary N) is 2. The Morgan fingerprint density at radius 3 is 2.37 bits per heavy atom. The Kier molecular flexibility index (Phi) is 7.31. The molecular weight excluding hydrogens is 579 g/mol. The van der Waals surface area contributed by atoms with Gasteiger partial charge in [0.2, 0.25) is 5.95 Å². The zero-order valence-electron chi connectivity index (χ0n) is 27.9. The van der Waals surface area contributed by atoms with Crippen LogP contribution in [0.25, 0.3) is 22.3 Å². The van der Waals surface area contributed by atoms with E-state index in [1.54, 1.807) is 20.4 Å². The molecule has 0 amide bonds. The third kappa shape index (κ3) is 6.76. The third-order valence-corrected chi connectivity index (χ3v) is 8.78. The van der Waals surface area contributed by atoms with E-state index in [1.165, 1.54) is 18.6 Å². The van der Waals surface area contributed by atoms with Gasteiger partial charge in [0.1, 0.15) is 17.9 Å². The molecule has 3 aromatic carbocycles. The van der Waals surface area contributed by atoms with Crippen molar-refractivity contribution in [1.82, 2.24) is 19.7 Å². The van der Waals surface area contributed by atoms with Crippen molar-refractivity contribution in [2.24, 2.45) is 6.98 Å². The molecule has 0 spiro atoms. The Balaban J connectivity index is 1.53. The molecule has 2 aromatic heterocycles. The first-order valence-corrected chi connectivity index (χ1v) is 16.6. The molecular formula is C33H36ClN6O2P. The van der Waals surface area contributed by atoms with Crippen LogP contribution in [0, 0.1) is 0 Å². The first-order chi connectivity index (χ1) is 21.5. The van der Waals surface area contributed by atoms with Gasteiger partial charge in [-0.1, -0.05) is 68.8 Å². The van der Waals surface area contributed by atoms with Crippen LogP contribution >= 0.6 is 18.7 Å². The summed E-state index contributed by atoms with van der Waals surface area (Å²) in [5.74, 6) is 1.10. The van der Waals surface area contributed by atoms with Gasteiger partial charge in [0.15, 0.2) is 5.82 Å². The van der Waals surface area contributed by atoms with Crippen LogP contribution in [0.15, 0.2) is 79.3 Å². The van der Waals surface area contributed by atoms with E-state index in [0.29, 0.717) is 33.8 Å². The highest BCUT2D eigenvalue weighted by atomic mass is 35.5. The predicted molar refractivity (Wildman–Crippen MR) is 178 cm³/mol. The Morgan fingerprint density at radius 2 is 1.72 bits per heavy atom. The second-order valence-corrected chi connectivity index (χ2v) is 15.2. The molecule has 0 saturated heterocycles. The van der Waals surface area contributed by atoms with Crippen molar-refractivity contribution in [1.29, 1.82) is 0 Å². The number of anilines is 4. The number of benzene rings is 3. The van der Waals surface area contributed by atoms with Crippen molar-refractivity contribution < 1.29 is 13.4 Å². The van der Waals surface area contributed by atoms with E-state index < -0.39 is 14.1 Å². The van der Waals surface area contributed by atoms with Gasteiger partial charge in [-0.2, -0.15) is 10.1 Å². The fraction of sp³-hybridized carbons (Fsp3) is 0.242. The molecule has 0 aliphatic heterocycles. The lowest BCUT2D eigenvalue weighted by molar-refractivity contribution is 0.415. The fourth-order valence-electron chi connectivity index (χ4n) is 4.82. The summed E-state index contributed by atoms with van der Waals surface area (Å²) in [7, 11) is -1.15. The minimum absolute atomic E-state index is 0.233. The molecule has 222 valence electrons. The smallest absolute Gasteiger partial charge is 0.229 e. The number of halogens is 1. The minimum Gasteiger partial charge on any atom is -0.495 e. The Labute approximate surface area is 262 Å². The summed E-state index contributed by atoms with van der Waals surface area (Å²) < 4.78 is 43.4. The molecule has 0 radical (unpaired) electrons. The average molecular weight is 618 g/mol. The summed E-state index contributed by atoms with van der Waals surface area (Å²) in [5.41, 5.74) is 5.21. The van der Waals surface area contributed by atoms with Crippen LogP contribution in [0.3, 0.4) is 0 Å². The maximum Gasteiger partial charge on any atom is 0.229 e. The summed E-state index contributed by atoms with van der Waals surface area (Å²) in [4.78, 5) is 9.04. The molecule has 0 atom stereocenters. The monoisotopic (exact) mass is 617 g/mol. The van der Waals surface area contributed by atoms with Crippen molar-refractivity contribution in [3.8, 4) is 28.0 Å². The Bertz CT molecular complexity index is 1930. The number of aromatic nitrogens is 4. The van der Waals surface area contributed by atoms with Crippen LogP contribution in [-0.2, 0) is 17.0 Å². The molecule has 5 aromatic rings. The summed E-state index contributed by atoms with van der Waals surface area (Å²) in [5, 5.41) is 11.5. The van der Waals surface area contributed by atoms with Crippen LogP contribution in [-0.4, -0.2) is 40.2 Å². The van der Waals surface area contributed by atoms with Crippen LogP contribution < -0.4 is 20.7 Å². The SMILES string of the molecule is [2H]C([2H])([2H])n1cc(-c2cc(Nc3ncc(Cl)c(Nc4ccc(-c5ccccc5)cc4P(C)(C)=O)n3)c(OC)cc2C(C)(C)C)cn1. The number of nitrogens with zero attached hydrogens (tertiary/aromatic N) is 4. The van der Waals surface area contributed by atoms with E-state index in [0.717, 1.165) is 26.9 Å². The van der Waals surface area contributed by atoms with Crippen LogP contribution in [0.5, 0.6) is 5.75 Å². The molecule has 0 aliphatic rings. The normalized spacial score (nSPS) is 13.1. The van der Waals surface area contributed by atoms with Gasteiger partial charge in [-0.3, -0.25) is 4.68 Å². The number of hydrogen-bond donors (Lipinski definition) is 2. The van der Waals surface area contributed by atoms with Crippen molar-refractivity contribution in [3.05, 3.63) is 89.8 Å². The Morgan fingerprint density at radius 1 is 0.953 bits per heavy atom. The molecule has 5 rings (SSSR count). The second kappa shape index (κ2) is 11.9. The van der Waals surface area contributed by atoms with Crippen molar-refractivity contribution >= 4 is 47.2 Å². The highest BCUT2D eigenvalue weighted by Crippen LogP contribution is 2.42. The number of aryl methyl sites for hydroxylation is 1. The zero-order chi connectivity index (χ0) is 33.4. The first-order valence-electron chi connectivity index (χ1n) is 15.1. The van der Waals surface area contributed by atoms with E-state index in [-0.39, 0.29) is 16.4 Å². The van der Waals surface area contributed by atoms with Crippen molar-refractivity contribution in [2.45, 2.75) is 26.2 Å². The standard InChI is InChI=1S/C33H36ClN6O2P/c1-33(2,3)25-17-29(42-5)28(16-24(25)23-18-36-40(4)20-23)38-32-35-19-26(34)31(39-32)37-27-14-13-22(15-30(27)43(6,7)41)21-11-9-8-10-12-21/h8-20H,1-7H3,(H2,35,37,38,39)/i4D3. The number of ether oxygens (including phenoxy) is 1. The average Bonchev–Trinajstić information content (AvgIpc) is 3.49. The molecule has 2 N–H and O–H groups in total. The third-order valence-electron chi connectivity index (χ3n) is 6.97. The number of hydrogen-bond acceptors (Lipinski definition) is 7. The predicted octanol–water partition coefficient (Wildman–Crippen LogP) is 8.24. The number of rotatable bonds is 8. The van der Waals surface area contributed by atoms with E-state index in [2.05, 4.69) is 46.5 Å².